The molecule has 23 heavy (non-hydrogen) atoms. The minimum atomic E-state index is -0.915. The van der Waals surface area contributed by atoms with Crippen LogP contribution in [0.3, 0.4) is 0 Å². The molecule has 0 saturated carbocycles. The minimum Gasteiger partial charge on any atom is -0.495 e. The van der Waals surface area contributed by atoms with Gasteiger partial charge < -0.3 is 14.6 Å². The Morgan fingerprint density at radius 3 is 2.74 bits per heavy atom. The molecular formula is C15H19N3O4S. The van der Waals surface area contributed by atoms with Gasteiger partial charge in [0, 0.05) is 7.11 Å². The molecule has 1 heterocycles. The lowest BCUT2D eigenvalue weighted by molar-refractivity contribution is -0.133. The fourth-order valence-corrected chi connectivity index (χ4v) is 2.74. The normalized spacial score (nSPS) is 12.2. The van der Waals surface area contributed by atoms with Crippen molar-refractivity contribution in [3.8, 4) is 11.4 Å². The van der Waals surface area contributed by atoms with E-state index in [1.54, 1.807) is 18.8 Å². The molecule has 1 atom stereocenters. The molecule has 8 heteroatoms. The van der Waals surface area contributed by atoms with Crippen LogP contribution >= 0.6 is 11.8 Å². The van der Waals surface area contributed by atoms with Crippen molar-refractivity contribution in [2.45, 2.75) is 25.1 Å². The third kappa shape index (κ3) is 3.83. The molecule has 2 rings (SSSR count). The van der Waals surface area contributed by atoms with E-state index in [9.17, 15) is 4.79 Å². The molecule has 0 spiro atoms. The van der Waals surface area contributed by atoms with Gasteiger partial charge in [-0.2, -0.15) is 0 Å². The summed E-state index contributed by atoms with van der Waals surface area (Å²) in [6.07, 6.45) is -0.299. The Hall–Kier alpha value is -2.06. The Bertz CT molecular complexity index is 702. The van der Waals surface area contributed by atoms with E-state index in [1.165, 1.54) is 0 Å². The number of ether oxygens (including phenoxy) is 2. The van der Waals surface area contributed by atoms with Gasteiger partial charge in [0.05, 0.1) is 18.6 Å². The second kappa shape index (κ2) is 7.47. The summed E-state index contributed by atoms with van der Waals surface area (Å²) in [5, 5.41) is 17.7. The number of hydrogen-bond acceptors (Lipinski definition) is 6. The number of thioether (sulfide) groups is 1. The number of nitrogens with zero attached hydrogens (tertiary/aromatic N) is 3. The molecule has 1 N–H and O–H groups in total. The molecule has 0 aliphatic heterocycles. The number of carboxylic acid groups (broad SMARTS) is 1. The highest BCUT2D eigenvalue weighted by molar-refractivity contribution is 7.99. The molecule has 0 unspecified atom stereocenters. The van der Waals surface area contributed by atoms with E-state index in [0.29, 0.717) is 16.7 Å². The maximum Gasteiger partial charge on any atom is 0.313 e. The molecule has 1 aromatic carbocycles. The maximum absolute atomic E-state index is 10.9. The predicted octanol–water partition coefficient (Wildman–Crippen LogP) is 2.47. The van der Waals surface area contributed by atoms with Crippen molar-refractivity contribution in [1.29, 1.82) is 0 Å². The Morgan fingerprint density at radius 2 is 2.13 bits per heavy atom. The lowest BCUT2D eigenvalue weighted by Gasteiger charge is -2.16. The van der Waals surface area contributed by atoms with E-state index in [1.807, 2.05) is 32.0 Å². The SMILES string of the molecule is COc1ccc(C)cc1-n1c(SCC(=O)O)nnc1[C@@H](C)OC. The number of aryl methyl sites for hydroxylation is 1. The lowest BCUT2D eigenvalue weighted by Crippen LogP contribution is -2.10. The molecule has 0 amide bonds. The first kappa shape index (κ1) is 17.3. The number of aromatic nitrogens is 3. The highest BCUT2D eigenvalue weighted by Crippen LogP contribution is 2.31. The number of aliphatic carboxylic acids is 1. The number of rotatable bonds is 7. The van der Waals surface area contributed by atoms with Gasteiger partial charge in [-0.1, -0.05) is 17.8 Å². The van der Waals surface area contributed by atoms with Crippen molar-refractivity contribution in [3.63, 3.8) is 0 Å². The van der Waals surface area contributed by atoms with Crippen molar-refractivity contribution in [3.05, 3.63) is 29.6 Å². The highest BCUT2D eigenvalue weighted by atomic mass is 32.2. The lowest BCUT2D eigenvalue weighted by atomic mass is 10.2. The van der Waals surface area contributed by atoms with E-state index in [0.717, 1.165) is 23.0 Å². The average molecular weight is 337 g/mol. The van der Waals surface area contributed by atoms with Gasteiger partial charge in [-0.3, -0.25) is 9.36 Å². The second-order valence-corrected chi connectivity index (χ2v) is 5.85. The van der Waals surface area contributed by atoms with Gasteiger partial charge in [0.1, 0.15) is 11.9 Å². The smallest absolute Gasteiger partial charge is 0.313 e. The first-order valence-electron chi connectivity index (χ1n) is 6.95. The van der Waals surface area contributed by atoms with Crippen LogP contribution in [0.5, 0.6) is 5.75 Å². The Balaban J connectivity index is 2.59. The molecule has 0 fully saturated rings. The number of benzene rings is 1. The van der Waals surface area contributed by atoms with Crippen LogP contribution in [-0.2, 0) is 9.53 Å². The summed E-state index contributed by atoms with van der Waals surface area (Å²) in [5.41, 5.74) is 1.80. The van der Waals surface area contributed by atoms with Crippen molar-refractivity contribution in [1.82, 2.24) is 14.8 Å². The first-order chi connectivity index (χ1) is 11.0. The van der Waals surface area contributed by atoms with Crippen LogP contribution in [0.1, 0.15) is 24.4 Å². The van der Waals surface area contributed by atoms with Crippen LogP contribution in [0.15, 0.2) is 23.4 Å². The van der Waals surface area contributed by atoms with Gasteiger partial charge in [0.2, 0.25) is 0 Å². The van der Waals surface area contributed by atoms with Crippen LogP contribution in [0, 0.1) is 6.92 Å². The summed E-state index contributed by atoms with van der Waals surface area (Å²) in [6.45, 7) is 3.82. The molecule has 0 bridgehead atoms. The van der Waals surface area contributed by atoms with Gasteiger partial charge >= 0.3 is 5.97 Å². The topological polar surface area (TPSA) is 86.5 Å². The summed E-state index contributed by atoms with van der Waals surface area (Å²) in [6, 6.07) is 5.74. The number of hydrogen-bond donors (Lipinski definition) is 1. The van der Waals surface area contributed by atoms with E-state index in [-0.39, 0.29) is 11.9 Å². The summed E-state index contributed by atoms with van der Waals surface area (Å²) in [5.74, 6) is 0.219. The zero-order chi connectivity index (χ0) is 17.0. The van der Waals surface area contributed by atoms with Crippen molar-refractivity contribution < 1.29 is 19.4 Å². The second-order valence-electron chi connectivity index (χ2n) is 4.91. The Labute approximate surface area is 138 Å². The monoisotopic (exact) mass is 337 g/mol. The number of carbonyl (C=O) groups is 1. The van der Waals surface area contributed by atoms with Gasteiger partial charge in [-0.05, 0) is 31.5 Å². The summed E-state index contributed by atoms with van der Waals surface area (Å²) in [7, 11) is 3.17. The summed E-state index contributed by atoms with van der Waals surface area (Å²) in [4.78, 5) is 10.9. The fraction of sp³-hybridized carbons (Fsp3) is 0.400. The van der Waals surface area contributed by atoms with E-state index < -0.39 is 5.97 Å². The standard InChI is InChI=1S/C15H19N3O4S/c1-9-5-6-12(22-4)11(7-9)18-14(10(2)21-3)16-17-15(18)23-8-13(19)20/h5-7,10H,8H2,1-4H3,(H,19,20)/t10-/m1/s1. The largest absolute Gasteiger partial charge is 0.495 e. The van der Waals surface area contributed by atoms with Crippen LogP contribution in [0.4, 0.5) is 0 Å². The Morgan fingerprint density at radius 1 is 1.39 bits per heavy atom. The maximum atomic E-state index is 10.9. The quantitative estimate of drug-likeness (QED) is 0.777. The van der Waals surface area contributed by atoms with Crippen molar-refractivity contribution >= 4 is 17.7 Å². The molecule has 124 valence electrons. The molecule has 2 aromatic rings. The molecule has 0 radical (unpaired) electrons. The third-order valence-corrected chi connectivity index (χ3v) is 4.19. The van der Waals surface area contributed by atoms with Crippen molar-refractivity contribution in [2.24, 2.45) is 0 Å². The predicted molar refractivity (Wildman–Crippen MR) is 86.4 cm³/mol. The van der Waals surface area contributed by atoms with Crippen LogP contribution < -0.4 is 4.74 Å². The average Bonchev–Trinajstić information content (AvgIpc) is 2.95. The summed E-state index contributed by atoms with van der Waals surface area (Å²) >= 11 is 1.10. The molecule has 7 nitrogen and oxygen atoms in total. The van der Waals surface area contributed by atoms with E-state index >= 15 is 0 Å². The summed E-state index contributed by atoms with van der Waals surface area (Å²) < 4.78 is 12.6. The number of carboxylic acids is 1. The van der Waals surface area contributed by atoms with Gasteiger partial charge in [-0.25, -0.2) is 0 Å². The Kier molecular flexibility index (Phi) is 5.62. The molecular weight excluding hydrogens is 318 g/mol. The zero-order valence-corrected chi connectivity index (χ0v) is 14.3. The van der Waals surface area contributed by atoms with Crippen LogP contribution in [0.25, 0.3) is 5.69 Å². The van der Waals surface area contributed by atoms with Gasteiger partial charge in [0.25, 0.3) is 0 Å². The zero-order valence-electron chi connectivity index (χ0n) is 13.4. The molecule has 1 aromatic heterocycles. The first-order valence-corrected chi connectivity index (χ1v) is 7.94. The highest BCUT2D eigenvalue weighted by Gasteiger charge is 2.22. The van der Waals surface area contributed by atoms with Gasteiger partial charge in [-0.15, -0.1) is 10.2 Å². The van der Waals surface area contributed by atoms with Crippen molar-refractivity contribution in [2.75, 3.05) is 20.0 Å². The van der Waals surface area contributed by atoms with E-state index in [2.05, 4.69) is 10.2 Å². The van der Waals surface area contributed by atoms with Crippen LogP contribution in [-0.4, -0.2) is 45.8 Å². The van der Waals surface area contributed by atoms with Gasteiger partial charge in [0.15, 0.2) is 11.0 Å². The third-order valence-electron chi connectivity index (χ3n) is 3.28. The molecule has 0 aliphatic carbocycles. The van der Waals surface area contributed by atoms with E-state index in [4.69, 9.17) is 14.6 Å². The van der Waals surface area contributed by atoms with Crippen LogP contribution in [0.2, 0.25) is 0 Å². The minimum absolute atomic E-state index is 0.104. The molecule has 0 saturated heterocycles. The fourth-order valence-electron chi connectivity index (χ4n) is 2.07. The number of methoxy groups -OCH3 is 2. The molecule has 0 aliphatic rings.